The number of nitrogens with zero attached hydrogens (tertiary/aromatic N) is 1. The Balaban J connectivity index is 1.76. The third-order valence-electron chi connectivity index (χ3n) is 3.83. The number of rotatable bonds is 2. The summed E-state index contributed by atoms with van der Waals surface area (Å²) < 4.78 is 42.7. The summed E-state index contributed by atoms with van der Waals surface area (Å²) >= 11 is 0. The van der Waals surface area contributed by atoms with Crippen molar-refractivity contribution in [1.82, 2.24) is 15.5 Å². The highest BCUT2D eigenvalue weighted by Crippen LogP contribution is 2.34. The molecule has 0 radical (unpaired) electrons. The molecule has 3 rings (SSSR count). The summed E-state index contributed by atoms with van der Waals surface area (Å²) in [6, 6.07) is 3.71. The summed E-state index contributed by atoms with van der Waals surface area (Å²) in [6.45, 7) is 0.686. The van der Waals surface area contributed by atoms with Crippen LogP contribution in [0.4, 0.5) is 13.2 Å². The van der Waals surface area contributed by atoms with Gasteiger partial charge in [0.25, 0.3) is 5.56 Å². The molecule has 5 nitrogen and oxygen atoms in total. The maximum atomic E-state index is 12.5. The molecule has 2 aromatic rings. The van der Waals surface area contributed by atoms with Crippen molar-refractivity contribution in [3.63, 3.8) is 0 Å². The third kappa shape index (κ3) is 3.06. The average molecular weight is 313 g/mol. The Morgan fingerprint density at radius 3 is 2.73 bits per heavy atom. The summed E-state index contributed by atoms with van der Waals surface area (Å²) in [6.07, 6.45) is -1.76. The quantitative estimate of drug-likeness (QED) is 0.894. The topological polar surface area (TPSA) is 70.9 Å². The Morgan fingerprint density at radius 1 is 1.32 bits per heavy atom. The second kappa shape index (κ2) is 5.60. The molecule has 2 atom stereocenters. The number of nitrogens with one attached hydrogen (secondary N) is 2. The van der Waals surface area contributed by atoms with E-state index in [1.807, 2.05) is 0 Å². The van der Waals surface area contributed by atoms with Gasteiger partial charge in [0.1, 0.15) is 11.5 Å². The molecule has 0 amide bonds. The highest BCUT2D eigenvalue weighted by molar-refractivity contribution is 5.21. The van der Waals surface area contributed by atoms with Gasteiger partial charge in [0.15, 0.2) is 0 Å². The van der Waals surface area contributed by atoms with Gasteiger partial charge < -0.3 is 9.84 Å². The molecular weight excluding hydrogens is 299 g/mol. The van der Waals surface area contributed by atoms with Gasteiger partial charge in [0, 0.05) is 24.2 Å². The lowest BCUT2D eigenvalue weighted by molar-refractivity contribution is -0.141. The minimum Gasteiger partial charge on any atom is -0.383 e. The Labute approximate surface area is 123 Å². The highest BCUT2D eigenvalue weighted by Gasteiger charge is 2.33. The van der Waals surface area contributed by atoms with Crippen LogP contribution in [-0.4, -0.2) is 16.7 Å². The standard InChI is InChI=1S/C14H14F3N3O2/c15-14(16,17)12-2-1-9(7-19-12)10-5-8(3-4-18-10)11-6-13(21)20-22-11/h1-2,6-8,10,18H,3-5H2,(H,20,21)/t8-,10-/m0/s1. The van der Waals surface area contributed by atoms with Crippen LogP contribution in [0.2, 0.25) is 0 Å². The number of aromatic nitrogens is 2. The summed E-state index contributed by atoms with van der Waals surface area (Å²) in [5.41, 5.74) is -0.503. The second-order valence-electron chi connectivity index (χ2n) is 5.32. The zero-order valence-electron chi connectivity index (χ0n) is 11.5. The van der Waals surface area contributed by atoms with Gasteiger partial charge in [0.05, 0.1) is 0 Å². The molecule has 0 bridgehead atoms. The van der Waals surface area contributed by atoms with Gasteiger partial charge in [-0.3, -0.25) is 9.78 Å². The molecular formula is C14H14F3N3O2. The molecule has 1 aliphatic rings. The number of hydrogen-bond donors (Lipinski definition) is 2. The average Bonchev–Trinajstić information content (AvgIpc) is 2.93. The maximum Gasteiger partial charge on any atom is 0.433 e. The number of halogens is 3. The first-order valence-corrected chi connectivity index (χ1v) is 6.88. The summed E-state index contributed by atoms with van der Waals surface area (Å²) in [4.78, 5) is 14.6. The summed E-state index contributed by atoms with van der Waals surface area (Å²) in [5, 5.41) is 5.51. The molecule has 118 valence electrons. The molecule has 2 N–H and O–H groups in total. The molecule has 1 fully saturated rings. The molecule has 22 heavy (non-hydrogen) atoms. The first kappa shape index (κ1) is 14.8. The lowest BCUT2D eigenvalue weighted by Crippen LogP contribution is -2.31. The van der Waals surface area contributed by atoms with E-state index >= 15 is 0 Å². The van der Waals surface area contributed by atoms with E-state index in [0.717, 1.165) is 12.5 Å². The van der Waals surface area contributed by atoms with Gasteiger partial charge in [-0.1, -0.05) is 6.07 Å². The molecule has 0 aliphatic carbocycles. The van der Waals surface area contributed by atoms with E-state index in [9.17, 15) is 18.0 Å². The summed E-state index contributed by atoms with van der Waals surface area (Å²) in [5.74, 6) is 0.629. The van der Waals surface area contributed by atoms with Crippen LogP contribution in [0.1, 0.15) is 41.8 Å². The van der Waals surface area contributed by atoms with Gasteiger partial charge in [0.2, 0.25) is 0 Å². The van der Waals surface area contributed by atoms with Crippen molar-refractivity contribution in [1.29, 1.82) is 0 Å². The minimum absolute atomic E-state index is 0.0486. The van der Waals surface area contributed by atoms with E-state index in [-0.39, 0.29) is 17.5 Å². The number of pyridine rings is 1. The first-order valence-electron chi connectivity index (χ1n) is 6.88. The van der Waals surface area contributed by atoms with E-state index < -0.39 is 11.9 Å². The smallest absolute Gasteiger partial charge is 0.383 e. The first-order chi connectivity index (χ1) is 10.4. The van der Waals surface area contributed by atoms with Crippen LogP contribution in [0.25, 0.3) is 0 Å². The normalized spacial score (nSPS) is 22.7. The van der Waals surface area contributed by atoms with Crippen molar-refractivity contribution in [2.45, 2.75) is 31.0 Å². The van der Waals surface area contributed by atoms with Crippen LogP contribution in [0.15, 0.2) is 33.7 Å². The van der Waals surface area contributed by atoms with E-state index in [1.54, 1.807) is 0 Å². The maximum absolute atomic E-state index is 12.5. The Bertz CT molecular complexity index is 690. The van der Waals surface area contributed by atoms with Crippen molar-refractivity contribution >= 4 is 0 Å². The highest BCUT2D eigenvalue weighted by atomic mass is 19.4. The van der Waals surface area contributed by atoms with Crippen LogP contribution in [-0.2, 0) is 6.18 Å². The zero-order valence-corrected chi connectivity index (χ0v) is 11.5. The van der Waals surface area contributed by atoms with Crippen LogP contribution >= 0.6 is 0 Å². The molecule has 1 saturated heterocycles. The fourth-order valence-electron chi connectivity index (χ4n) is 2.71. The van der Waals surface area contributed by atoms with Crippen molar-refractivity contribution in [3.8, 4) is 0 Å². The molecule has 0 spiro atoms. The van der Waals surface area contributed by atoms with Gasteiger partial charge in [-0.05, 0) is 31.0 Å². The van der Waals surface area contributed by atoms with Gasteiger partial charge in [-0.15, -0.1) is 0 Å². The monoisotopic (exact) mass is 313 g/mol. The largest absolute Gasteiger partial charge is 0.433 e. The predicted molar refractivity (Wildman–Crippen MR) is 71.3 cm³/mol. The van der Waals surface area contributed by atoms with E-state index in [0.29, 0.717) is 24.3 Å². The Morgan fingerprint density at radius 2 is 2.14 bits per heavy atom. The van der Waals surface area contributed by atoms with Gasteiger partial charge in [-0.2, -0.15) is 18.3 Å². The van der Waals surface area contributed by atoms with Gasteiger partial charge in [-0.25, -0.2) is 0 Å². The third-order valence-corrected chi connectivity index (χ3v) is 3.83. The summed E-state index contributed by atoms with van der Waals surface area (Å²) in [7, 11) is 0. The molecule has 8 heteroatoms. The van der Waals surface area contributed by atoms with Crippen molar-refractivity contribution in [2.24, 2.45) is 0 Å². The van der Waals surface area contributed by atoms with E-state index in [1.165, 1.54) is 18.3 Å². The molecule has 0 aromatic carbocycles. The van der Waals surface area contributed by atoms with Crippen LogP contribution in [0, 0.1) is 0 Å². The van der Waals surface area contributed by atoms with Crippen LogP contribution in [0.3, 0.4) is 0 Å². The zero-order chi connectivity index (χ0) is 15.7. The predicted octanol–water partition coefficient (Wildman–Crippen LogP) is 2.59. The molecule has 0 unspecified atom stereocenters. The lowest BCUT2D eigenvalue weighted by Gasteiger charge is -2.29. The Kier molecular flexibility index (Phi) is 3.78. The van der Waals surface area contributed by atoms with Crippen LogP contribution < -0.4 is 10.9 Å². The number of aromatic amines is 1. The molecule has 1 aliphatic heterocycles. The molecule has 3 heterocycles. The van der Waals surface area contributed by atoms with Crippen molar-refractivity contribution in [2.75, 3.05) is 6.54 Å². The molecule has 2 aromatic heterocycles. The Hall–Kier alpha value is -2.09. The molecule has 0 saturated carbocycles. The fourth-order valence-corrected chi connectivity index (χ4v) is 2.71. The van der Waals surface area contributed by atoms with Crippen LogP contribution in [0.5, 0.6) is 0 Å². The van der Waals surface area contributed by atoms with Crippen molar-refractivity contribution < 1.29 is 17.7 Å². The fraction of sp³-hybridized carbons (Fsp3) is 0.429. The SMILES string of the molecule is O=c1cc([C@H]2CCN[C@H](c3ccc(C(F)(F)F)nc3)C2)o[nH]1. The number of H-pyrrole nitrogens is 1. The van der Waals surface area contributed by atoms with Crippen molar-refractivity contribution in [3.05, 3.63) is 51.8 Å². The number of alkyl halides is 3. The van der Waals surface area contributed by atoms with Gasteiger partial charge >= 0.3 is 6.18 Å². The number of piperidine rings is 1. The lowest BCUT2D eigenvalue weighted by atomic mass is 9.87. The minimum atomic E-state index is -4.43. The number of hydrogen-bond acceptors (Lipinski definition) is 4. The van der Waals surface area contributed by atoms with E-state index in [4.69, 9.17) is 4.52 Å². The second-order valence-corrected chi connectivity index (χ2v) is 5.32. The van der Waals surface area contributed by atoms with E-state index in [2.05, 4.69) is 15.5 Å².